The van der Waals surface area contributed by atoms with Gasteiger partial charge in [-0.15, -0.1) is 0 Å². The molecule has 2 N–H and O–H groups in total. The fourth-order valence-corrected chi connectivity index (χ4v) is 4.29. The number of hydrogen-bond donors (Lipinski definition) is 2. The summed E-state index contributed by atoms with van der Waals surface area (Å²) in [5, 5.41) is 6.28. The second kappa shape index (κ2) is 6.63. The van der Waals surface area contributed by atoms with Crippen LogP contribution in [-0.4, -0.2) is 36.3 Å². The topological polar surface area (TPSA) is 61.4 Å². The number of anilines is 1. The minimum absolute atomic E-state index is 0.0871. The number of carbonyl (C=O) groups excluding carboxylic acids is 2. The molecule has 5 heteroatoms. The van der Waals surface area contributed by atoms with Gasteiger partial charge in [-0.3, -0.25) is 9.59 Å². The van der Waals surface area contributed by atoms with Gasteiger partial charge in [-0.1, -0.05) is 37.3 Å². The van der Waals surface area contributed by atoms with Crippen molar-refractivity contribution in [3.05, 3.63) is 53.8 Å². The first-order valence-corrected chi connectivity index (χ1v) is 9.38. The van der Waals surface area contributed by atoms with Crippen LogP contribution in [0, 0.1) is 11.3 Å². The molecular weight excluding hydrogens is 326 g/mol. The highest BCUT2D eigenvalue weighted by atomic mass is 16.2. The first-order chi connectivity index (χ1) is 12.6. The number of likely N-dealkylation sites (tertiary alicyclic amines) is 1. The molecule has 136 valence electrons. The van der Waals surface area contributed by atoms with E-state index in [4.69, 9.17) is 0 Å². The van der Waals surface area contributed by atoms with Crippen LogP contribution in [0.5, 0.6) is 0 Å². The van der Waals surface area contributed by atoms with Gasteiger partial charge in [-0.2, -0.15) is 0 Å². The Morgan fingerprint density at radius 2 is 2.00 bits per heavy atom. The number of hydrogen-bond acceptors (Lipinski definition) is 3. The third kappa shape index (κ3) is 2.91. The summed E-state index contributed by atoms with van der Waals surface area (Å²) in [6, 6.07) is 9.74. The molecule has 2 amide bonds. The molecule has 0 saturated carbocycles. The predicted molar refractivity (Wildman–Crippen MR) is 101 cm³/mol. The van der Waals surface area contributed by atoms with E-state index < -0.39 is 5.41 Å². The second-order valence-corrected chi connectivity index (χ2v) is 7.57. The highest BCUT2D eigenvalue weighted by Gasteiger charge is 2.50. The SMILES string of the molecule is CC1C=CC2=C(C1)NC(=O)C21CCN(C(=O)CNc2ccccc2)CC1. The van der Waals surface area contributed by atoms with E-state index in [2.05, 4.69) is 29.7 Å². The van der Waals surface area contributed by atoms with E-state index in [0.717, 1.165) is 23.4 Å². The molecule has 1 saturated heterocycles. The van der Waals surface area contributed by atoms with Crippen molar-refractivity contribution >= 4 is 17.5 Å². The maximum absolute atomic E-state index is 12.7. The van der Waals surface area contributed by atoms with E-state index in [9.17, 15) is 9.59 Å². The minimum atomic E-state index is -0.435. The summed E-state index contributed by atoms with van der Waals surface area (Å²) in [4.78, 5) is 27.1. The van der Waals surface area contributed by atoms with Gasteiger partial charge in [-0.05, 0) is 42.9 Å². The molecule has 0 aromatic heterocycles. The Bertz CT molecular complexity index is 774. The Labute approximate surface area is 154 Å². The standard InChI is InChI=1S/C21H25N3O2/c1-15-7-8-17-18(13-15)23-20(26)21(17)9-11-24(12-10-21)19(25)14-22-16-5-3-2-4-6-16/h2-8,15,22H,9-14H2,1H3,(H,23,26). The summed E-state index contributed by atoms with van der Waals surface area (Å²) >= 11 is 0. The molecule has 2 aliphatic heterocycles. The summed E-state index contributed by atoms with van der Waals surface area (Å²) in [7, 11) is 0. The number of para-hydroxylation sites is 1. The Balaban J connectivity index is 1.39. The normalized spacial score (nSPS) is 23.8. The molecule has 1 atom stereocenters. The Kier molecular flexibility index (Phi) is 4.31. The van der Waals surface area contributed by atoms with E-state index in [-0.39, 0.29) is 18.4 Å². The highest BCUT2D eigenvalue weighted by molar-refractivity contribution is 5.93. The number of nitrogens with zero attached hydrogens (tertiary/aromatic N) is 1. The third-order valence-electron chi connectivity index (χ3n) is 5.84. The van der Waals surface area contributed by atoms with Gasteiger partial charge in [0.1, 0.15) is 0 Å². The number of piperidine rings is 1. The summed E-state index contributed by atoms with van der Waals surface area (Å²) in [6.07, 6.45) is 6.64. The van der Waals surface area contributed by atoms with Crippen molar-refractivity contribution in [2.24, 2.45) is 11.3 Å². The zero-order valence-electron chi connectivity index (χ0n) is 15.1. The number of fused-ring (bicyclic) bond motifs is 1. The molecule has 1 spiro atoms. The van der Waals surface area contributed by atoms with Crippen LogP contribution in [0.3, 0.4) is 0 Å². The number of nitrogens with one attached hydrogen (secondary N) is 2. The van der Waals surface area contributed by atoms with E-state index in [1.54, 1.807) is 0 Å². The Hall–Kier alpha value is -2.56. The van der Waals surface area contributed by atoms with Crippen LogP contribution in [-0.2, 0) is 9.59 Å². The van der Waals surface area contributed by atoms with Gasteiger partial charge in [0.2, 0.25) is 11.8 Å². The number of rotatable bonds is 3. The molecule has 1 aliphatic carbocycles. The van der Waals surface area contributed by atoms with Gasteiger partial charge in [0.25, 0.3) is 0 Å². The van der Waals surface area contributed by atoms with Crippen molar-refractivity contribution in [1.29, 1.82) is 0 Å². The smallest absolute Gasteiger partial charge is 0.241 e. The van der Waals surface area contributed by atoms with Crippen molar-refractivity contribution in [1.82, 2.24) is 10.2 Å². The zero-order valence-corrected chi connectivity index (χ0v) is 15.1. The molecular formula is C21H25N3O2. The number of amides is 2. The van der Waals surface area contributed by atoms with Gasteiger partial charge < -0.3 is 15.5 Å². The molecule has 1 unspecified atom stereocenters. The maximum Gasteiger partial charge on any atom is 0.241 e. The largest absolute Gasteiger partial charge is 0.376 e. The van der Waals surface area contributed by atoms with Gasteiger partial charge in [0.15, 0.2) is 0 Å². The summed E-state index contributed by atoms with van der Waals surface area (Å²) in [5.41, 5.74) is 2.77. The predicted octanol–water partition coefficient (Wildman–Crippen LogP) is 2.69. The molecule has 26 heavy (non-hydrogen) atoms. The van der Waals surface area contributed by atoms with Crippen LogP contribution in [0.1, 0.15) is 26.2 Å². The maximum atomic E-state index is 12.7. The molecule has 1 aromatic rings. The van der Waals surface area contributed by atoms with Crippen LogP contribution in [0.4, 0.5) is 5.69 Å². The lowest BCUT2D eigenvalue weighted by Gasteiger charge is -2.39. The van der Waals surface area contributed by atoms with Gasteiger partial charge >= 0.3 is 0 Å². The first-order valence-electron chi connectivity index (χ1n) is 9.38. The number of carbonyl (C=O) groups is 2. The van der Waals surface area contributed by atoms with Crippen LogP contribution in [0.25, 0.3) is 0 Å². The van der Waals surface area contributed by atoms with Crippen molar-refractivity contribution in [2.75, 3.05) is 25.0 Å². The van der Waals surface area contributed by atoms with E-state index in [0.29, 0.717) is 31.8 Å². The summed E-state index contributed by atoms with van der Waals surface area (Å²) in [5.74, 6) is 0.676. The summed E-state index contributed by atoms with van der Waals surface area (Å²) in [6.45, 7) is 3.71. The molecule has 5 nitrogen and oxygen atoms in total. The number of benzene rings is 1. The average molecular weight is 351 g/mol. The third-order valence-corrected chi connectivity index (χ3v) is 5.84. The lowest BCUT2D eigenvalue weighted by atomic mass is 9.71. The van der Waals surface area contributed by atoms with Crippen LogP contribution < -0.4 is 10.6 Å². The highest BCUT2D eigenvalue weighted by Crippen LogP contribution is 2.47. The second-order valence-electron chi connectivity index (χ2n) is 7.57. The van der Waals surface area contributed by atoms with Gasteiger partial charge in [0, 0.05) is 24.5 Å². The minimum Gasteiger partial charge on any atom is -0.376 e. The molecule has 1 aromatic carbocycles. The average Bonchev–Trinajstić information content (AvgIpc) is 2.92. The van der Waals surface area contributed by atoms with Crippen LogP contribution in [0.15, 0.2) is 53.8 Å². The van der Waals surface area contributed by atoms with Crippen molar-refractivity contribution in [2.45, 2.75) is 26.2 Å². The van der Waals surface area contributed by atoms with Gasteiger partial charge in [0.05, 0.1) is 12.0 Å². The fourth-order valence-electron chi connectivity index (χ4n) is 4.29. The fraction of sp³-hybridized carbons (Fsp3) is 0.429. The molecule has 0 radical (unpaired) electrons. The summed E-state index contributed by atoms with van der Waals surface area (Å²) < 4.78 is 0. The lowest BCUT2D eigenvalue weighted by Crippen LogP contribution is -2.48. The molecule has 1 fully saturated rings. The van der Waals surface area contributed by atoms with E-state index in [1.165, 1.54) is 0 Å². The van der Waals surface area contributed by atoms with Crippen LogP contribution >= 0.6 is 0 Å². The number of allylic oxidation sites excluding steroid dienone is 3. The van der Waals surface area contributed by atoms with Gasteiger partial charge in [-0.25, -0.2) is 0 Å². The Morgan fingerprint density at radius 3 is 2.73 bits per heavy atom. The quantitative estimate of drug-likeness (QED) is 0.880. The molecule has 0 bridgehead atoms. The molecule has 4 rings (SSSR count). The monoisotopic (exact) mass is 351 g/mol. The Morgan fingerprint density at radius 1 is 1.27 bits per heavy atom. The van der Waals surface area contributed by atoms with Crippen LogP contribution in [0.2, 0.25) is 0 Å². The van der Waals surface area contributed by atoms with Crippen molar-refractivity contribution in [3.63, 3.8) is 0 Å². The lowest BCUT2D eigenvalue weighted by molar-refractivity contribution is -0.136. The molecule has 3 aliphatic rings. The van der Waals surface area contributed by atoms with Crippen molar-refractivity contribution < 1.29 is 9.59 Å². The van der Waals surface area contributed by atoms with Crippen molar-refractivity contribution in [3.8, 4) is 0 Å². The van der Waals surface area contributed by atoms with E-state index >= 15 is 0 Å². The van der Waals surface area contributed by atoms with E-state index in [1.807, 2.05) is 35.2 Å². The first kappa shape index (κ1) is 16.9. The molecule has 2 heterocycles. The zero-order chi connectivity index (χ0) is 18.1.